The van der Waals surface area contributed by atoms with E-state index < -0.39 is 5.91 Å². The molecule has 2 fully saturated rings. The van der Waals surface area contributed by atoms with Crippen molar-refractivity contribution in [3.8, 4) is 11.5 Å². The first-order valence-electron chi connectivity index (χ1n) is 9.90. The molecule has 0 bridgehead atoms. The summed E-state index contributed by atoms with van der Waals surface area (Å²) >= 11 is 0. The highest BCUT2D eigenvalue weighted by atomic mass is 16.5. The van der Waals surface area contributed by atoms with Crippen LogP contribution in [0.5, 0.6) is 0 Å². The Balaban J connectivity index is 1.45. The van der Waals surface area contributed by atoms with Gasteiger partial charge in [-0.1, -0.05) is 17.9 Å². The Morgan fingerprint density at radius 2 is 2.10 bits per heavy atom. The van der Waals surface area contributed by atoms with E-state index in [9.17, 15) is 4.79 Å². The number of nitrogens with one attached hydrogen (secondary N) is 1. The molecule has 152 valence electrons. The predicted molar refractivity (Wildman–Crippen MR) is 106 cm³/mol. The lowest BCUT2D eigenvalue weighted by atomic mass is 10.2. The van der Waals surface area contributed by atoms with Crippen molar-refractivity contribution in [3.63, 3.8) is 0 Å². The monoisotopic (exact) mass is 397 g/mol. The molecule has 1 saturated heterocycles. The second-order valence-electron chi connectivity index (χ2n) is 7.50. The van der Waals surface area contributed by atoms with E-state index in [1.165, 1.54) is 19.0 Å². The SMILES string of the molecule is NC(=O)c1cnn2cc(-c3nnc(N4CCOCC4)o3)cc2c1NCCC1CC1. The second kappa shape index (κ2) is 7.36. The lowest BCUT2D eigenvalue weighted by Crippen LogP contribution is -2.36. The van der Waals surface area contributed by atoms with Gasteiger partial charge in [0.1, 0.15) is 0 Å². The summed E-state index contributed by atoms with van der Waals surface area (Å²) in [7, 11) is 0. The average molecular weight is 397 g/mol. The molecule has 0 aromatic carbocycles. The van der Waals surface area contributed by atoms with Crippen LogP contribution < -0.4 is 16.0 Å². The van der Waals surface area contributed by atoms with Gasteiger partial charge in [-0.05, 0) is 18.4 Å². The molecule has 0 unspecified atom stereocenters. The summed E-state index contributed by atoms with van der Waals surface area (Å²) in [6.45, 7) is 3.51. The van der Waals surface area contributed by atoms with E-state index in [1.54, 1.807) is 4.52 Å². The first kappa shape index (κ1) is 17.9. The number of hydrogen-bond acceptors (Lipinski definition) is 8. The number of rotatable bonds is 7. The molecule has 1 aliphatic heterocycles. The molecule has 0 atom stereocenters. The highest BCUT2D eigenvalue weighted by molar-refractivity contribution is 6.02. The number of ether oxygens (including phenoxy) is 1. The van der Waals surface area contributed by atoms with E-state index >= 15 is 0 Å². The quantitative estimate of drug-likeness (QED) is 0.615. The first-order valence-corrected chi connectivity index (χ1v) is 9.90. The number of hydrogen-bond donors (Lipinski definition) is 2. The predicted octanol–water partition coefficient (Wildman–Crippen LogP) is 1.53. The fraction of sp³-hybridized carbons (Fsp3) is 0.474. The Kier molecular flexibility index (Phi) is 4.55. The van der Waals surface area contributed by atoms with E-state index in [0.717, 1.165) is 43.1 Å². The molecular weight excluding hydrogens is 374 g/mol. The van der Waals surface area contributed by atoms with Gasteiger partial charge >= 0.3 is 6.01 Å². The number of carbonyl (C=O) groups excluding carboxylic acids is 1. The number of primary amides is 1. The van der Waals surface area contributed by atoms with Gasteiger partial charge in [0, 0.05) is 25.8 Å². The second-order valence-corrected chi connectivity index (χ2v) is 7.50. The maximum atomic E-state index is 11.9. The number of nitrogens with zero attached hydrogens (tertiary/aromatic N) is 5. The minimum atomic E-state index is -0.510. The lowest BCUT2D eigenvalue weighted by molar-refractivity contribution is 0.100. The van der Waals surface area contributed by atoms with Crippen LogP contribution >= 0.6 is 0 Å². The maximum Gasteiger partial charge on any atom is 0.318 e. The van der Waals surface area contributed by atoms with Gasteiger partial charge in [0.05, 0.1) is 41.7 Å². The zero-order valence-corrected chi connectivity index (χ0v) is 16.0. The number of fused-ring (bicyclic) bond motifs is 1. The zero-order chi connectivity index (χ0) is 19.8. The molecule has 0 radical (unpaired) electrons. The van der Waals surface area contributed by atoms with Gasteiger partial charge in [-0.15, -0.1) is 5.10 Å². The third-order valence-electron chi connectivity index (χ3n) is 5.40. The van der Waals surface area contributed by atoms with Crippen LogP contribution in [0.2, 0.25) is 0 Å². The van der Waals surface area contributed by atoms with Crippen molar-refractivity contribution in [1.82, 2.24) is 19.8 Å². The molecule has 29 heavy (non-hydrogen) atoms. The minimum Gasteiger partial charge on any atom is -0.403 e. The smallest absolute Gasteiger partial charge is 0.318 e. The molecule has 0 spiro atoms. The van der Waals surface area contributed by atoms with Crippen LogP contribution in [-0.2, 0) is 4.74 Å². The normalized spacial score (nSPS) is 17.0. The van der Waals surface area contributed by atoms with Gasteiger partial charge in [-0.2, -0.15) is 5.10 Å². The molecular formula is C19H23N7O3. The summed E-state index contributed by atoms with van der Waals surface area (Å²) in [4.78, 5) is 13.9. The lowest BCUT2D eigenvalue weighted by Gasteiger charge is -2.24. The Bertz CT molecular complexity index is 1030. The molecule has 2 aliphatic rings. The van der Waals surface area contributed by atoms with Crippen molar-refractivity contribution < 1.29 is 13.9 Å². The van der Waals surface area contributed by atoms with Crippen molar-refractivity contribution in [2.24, 2.45) is 11.7 Å². The largest absolute Gasteiger partial charge is 0.403 e. The fourth-order valence-electron chi connectivity index (χ4n) is 3.57. The fourth-order valence-corrected chi connectivity index (χ4v) is 3.57. The number of morpholine rings is 1. The van der Waals surface area contributed by atoms with Crippen LogP contribution in [-0.4, -0.2) is 58.6 Å². The molecule has 10 heteroatoms. The molecule has 3 aromatic rings. The van der Waals surface area contributed by atoms with Crippen molar-refractivity contribution in [1.29, 1.82) is 0 Å². The highest BCUT2D eigenvalue weighted by Gasteiger charge is 2.22. The Labute approximate surface area is 167 Å². The minimum absolute atomic E-state index is 0.373. The van der Waals surface area contributed by atoms with Crippen LogP contribution in [0.25, 0.3) is 17.0 Å². The summed E-state index contributed by atoms with van der Waals surface area (Å²) in [6, 6.07) is 2.36. The van der Waals surface area contributed by atoms with E-state index in [-0.39, 0.29) is 0 Å². The summed E-state index contributed by atoms with van der Waals surface area (Å²) in [6.07, 6.45) is 6.95. The number of nitrogens with two attached hydrogens (primary N) is 1. The summed E-state index contributed by atoms with van der Waals surface area (Å²) in [5.41, 5.74) is 8.11. The Morgan fingerprint density at radius 3 is 2.86 bits per heavy atom. The van der Waals surface area contributed by atoms with Crippen molar-refractivity contribution >= 4 is 23.1 Å². The van der Waals surface area contributed by atoms with Gasteiger partial charge in [0.25, 0.3) is 11.8 Å². The van der Waals surface area contributed by atoms with E-state index in [2.05, 4.69) is 20.6 Å². The number of amides is 1. The molecule has 1 aliphatic carbocycles. The van der Waals surface area contributed by atoms with Crippen molar-refractivity contribution in [3.05, 3.63) is 24.0 Å². The number of aromatic nitrogens is 4. The molecule has 3 N–H and O–H groups in total. The highest BCUT2D eigenvalue weighted by Crippen LogP contribution is 2.33. The summed E-state index contributed by atoms with van der Waals surface area (Å²) < 4.78 is 12.9. The molecule has 4 heterocycles. The molecule has 1 saturated carbocycles. The standard InChI is InChI=1S/C19H23N7O3/c20-17(27)14-10-22-26-11-13(9-15(26)16(14)21-4-3-12-1-2-12)18-23-24-19(29-18)25-5-7-28-8-6-25/h9-12,21H,1-8H2,(H2,20,27). The number of anilines is 2. The van der Waals surface area contributed by atoms with E-state index in [0.29, 0.717) is 36.4 Å². The topological polar surface area (TPSA) is 124 Å². The third kappa shape index (κ3) is 3.63. The molecule has 10 nitrogen and oxygen atoms in total. The van der Waals surface area contributed by atoms with Gasteiger partial charge in [0.2, 0.25) is 0 Å². The zero-order valence-electron chi connectivity index (χ0n) is 16.0. The Hall–Kier alpha value is -3.14. The van der Waals surface area contributed by atoms with Crippen LogP contribution in [0, 0.1) is 5.92 Å². The third-order valence-corrected chi connectivity index (χ3v) is 5.40. The van der Waals surface area contributed by atoms with Crippen molar-refractivity contribution in [2.75, 3.05) is 43.1 Å². The van der Waals surface area contributed by atoms with Gasteiger partial charge in [-0.3, -0.25) is 4.79 Å². The van der Waals surface area contributed by atoms with Gasteiger partial charge in [-0.25, -0.2) is 4.52 Å². The maximum absolute atomic E-state index is 11.9. The number of carbonyl (C=O) groups is 1. The summed E-state index contributed by atoms with van der Waals surface area (Å²) in [5, 5.41) is 16.1. The van der Waals surface area contributed by atoms with E-state index in [4.69, 9.17) is 14.9 Å². The van der Waals surface area contributed by atoms with Crippen LogP contribution in [0.15, 0.2) is 22.9 Å². The van der Waals surface area contributed by atoms with Crippen LogP contribution in [0.3, 0.4) is 0 Å². The average Bonchev–Trinajstić information content (AvgIpc) is 3.25. The summed E-state index contributed by atoms with van der Waals surface area (Å²) in [5.74, 6) is 0.683. The van der Waals surface area contributed by atoms with Gasteiger partial charge < -0.3 is 25.1 Å². The molecule has 1 amide bonds. The van der Waals surface area contributed by atoms with Gasteiger partial charge in [0.15, 0.2) is 0 Å². The van der Waals surface area contributed by atoms with Crippen LogP contribution in [0.4, 0.5) is 11.7 Å². The first-order chi connectivity index (χ1) is 14.2. The van der Waals surface area contributed by atoms with Crippen LogP contribution in [0.1, 0.15) is 29.6 Å². The Morgan fingerprint density at radius 1 is 1.28 bits per heavy atom. The van der Waals surface area contributed by atoms with E-state index in [1.807, 2.05) is 17.2 Å². The molecule has 3 aromatic heterocycles. The molecule has 5 rings (SSSR count). The van der Waals surface area contributed by atoms with Crippen molar-refractivity contribution in [2.45, 2.75) is 19.3 Å².